The van der Waals surface area contributed by atoms with Gasteiger partial charge in [0.25, 0.3) is 0 Å². The lowest BCUT2D eigenvalue weighted by Gasteiger charge is -2.26. The second-order valence-electron chi connectivity index (χ2n) is 3.94. The summed E-state index contributed by atoms with van der Waals surface area (Å²) in [6.07, 6.45) is 2.16. The van der Waals surface area contributed by atoms with Crippen molar-refractivity contribution < 1.29 is 10.2 Å². The molecule has 0 atom stereocenters. The van der Waals surface area contributed by atoms with Crippen molar-refractivity contribution in [2.75, 3.05) is 0 Å². The first-order chi connectivity index (χ1) is 7.07. The van der Waals surface area contributed by atoms with Crippen LogP contribution in [-0.2, 0) is 12.0 Å². The summed E-state index contributed by atoms with van der Waals surface area (Å²) in [6.45, 7) is 5.94. The van der Waals surface area contributed by atoms with Crippen LogP contribution in [0.15, 0.2) is 18.2 Å². The molecule has 2 nitrogen and oxygen atoms in total. The Balaban J connectivity index is 3.15. The third kappa shape index (κ3) is 2.32. The van der Waals surface area contributed by atoms with E-state index in [1.165, 1.54) is 0 Å². The molecule has 84 valence electrons. The van der Waals surface area contributed by atoms with Crippen molar-refractivity contribution >= 4 is 0 Å². The minimum Gasteiger partial charge on any atom is -0.508 e. The topological polar surface area (TPSA) is 40.5 Å². The van der Waals surface area contributed by atoms with Crippen LogP contribution in [0, 0.1) is 0 Å². The van der Waals surface area contributed by atoms with E-state index in [1.54, 1.807) is 6.07 Å². The summed E-state index contributed by atoms with van der Waals surface area (Å²) in [5, 5.41) is 19.9. The monoisotopic (exact) mass is 208 g/mol. The number of phenolic OH excluding ortho intramolecular Hbond substituents is 1. The molecule has 1 aromatic rings. The van der Waals surface area contributed by atoms with Gasteiger partial charge in [-0.3, -0.25) is 0 Å². The molecule has 0 saturated carbocycles. The Bertz CT molecular complexity index is 327. The zero-order valence-corrected chi connectivity index (χ0v) is 9.75. The van der Waals surface area contributed by atoms with Crippen molar-refractivity contribution in [1.29, 1.82) is 0 Å². The fourth-order valence-corrected chi connectivity index (χ4v) is 1.82. The highest BCUT2D eigenvalue weighted by atomic mass is 16.3. The van der Waals surface area contributed by atoms with Gasteiger partial charge in [-0.05, 0) is 42.5 Å². The normalized spacial score (nSPS) is 11.7. The average molecular weight is 208 g/mol. The van der Waals surface area contributed by atoms with Crippen LogP contribution in [0.4, 0.5) is 0 Å². The van der Waals surface area contributed by atoms with Gasteiger partial charge in [0.15, 0.2) is 0 Å². The molecular weight excluding hydrogens is 188 g/mol. The van der Waals surface area contributed by atoms with E-state index in [2.05, 4.69) is 0 Å². The fraction of sp³-hybridized carbons (Fsp3) is 0.538. The molecule has 15 heavy (non-hydrogen) atoms. The van der Waals surface area contributed by atoms with Gasteiger partial charge in [-0.25, -0.2) is 0 Å². The van der Waals surface area contributed by atoms with Gasteiger partial charge >= 0.3 is 0 Å². The maximum absolute atomic E-state index is 10.3. The first-order valence-corrected chi connectivity index (χ1v) is 5.62. The Morgan fingerprint density at radius 3 is 2.20 bits per heavy atom. The highest BCUT2D eigenvalue weighted by Crippen LogP contribution is 2.31. The second kappa shape index (κ2) is 4.67. The van der Waals surface area contributed by atoms with Crippen molar-refractivity contribution in [3.8, 4) is 5.75 Å². The van der Waals surface area contributed by atoms with E-state index in [-0.39, 0.29) is 0 Å². The van der Waals surface area contributed by atoms with Crippen molar-refractivity contribution in [1.82, 2.24) is 0 Å². The number of hydrogen-bond donors (Lipinski definition) is 2. The fourth-order valence-electron chi connectivity index (χ4n) is 1.82. The van der Waals surface area contributed by atoms with Crippen LogP contribution >= 0.6 is 0 Å². The van der Waals surface area contributed by atoms with Crippen LogP contribution in [0.1, 0.15) is 44.7 Å². The summed E-state index contributed by atoms with van der Waals surface area (Å²) < 4.78 is 0. The van der Waals surface area contributed by atoms with E-state index in [4.69, 9.17) is 0 Å². The Hall–Kier alpha value is -1.02. The highest BCUT2D eigenvalue weighted by Gasteiger charge is 2.25. The highest BCUT2D eigenvalue weighted by molar-refractivity contribution is 5.38. The van der Waals surface area contributed by atoms with Crippen LogP contribution in [0.25, 0.3) is 0 Å². The van der Waals surface area contributed by atoms with Crippen LogP contribution in [0.2, 0.25) is 0 Å². The summed E-state index contributed by atoms with van der Waals surface area (Å²) >= 11 is 0. The van der Waals surface area contributed by atoms with Crippen molar-refractivity contribution in [3.63, 3.8) is 0 Å². The summed E-state index contributed by atoms with van der Waals surface area (Å²) in [4.78, 5) is 0. The van der Waals surface area contributed by atoms with Crippen molar-refractivity contribution in [3.05, 3.63) is 29.3 Å². The molecule has 1 aromatic carbocycles. The maximum atomic E-state index is 10.3. The Morgan fingerprint density at radius 1 is 1.13 bits per heavy atom. The number of benzene rings is 1. The third-order valence-electron chi connectivity index (χ3n) is 3.17. The molecule has 0 saturated heterocycles. The van der Waals surface area contributed by atoms with Gasteiger partial charge in [0.05, 0.1) is 5.60 Å². The minimum atomic E-state index is -0.752. The Kier molecular flexibility index (Phi) is 3.75. The van der Waals surface area contributed by atoms with Crippen LogP contribution in [0.5, 0.6) is 5.75 Å². The SMILES string of the molecule is CCc1cc(C(O)(CC)CC)ccc1O. The van der Waals surface area contributed by atoms with E-state index in [0.717, 1.165) is 17.5 Å². The zero-order valence-electron chi connectivity index (χ0n) is 9.75. The van der Waals surface area contributed by atoms with E-state index >= 15 is 0 Å². The summed E-state index contributed by atoms with van der Waals surface area (Å²) in [6, 6.07) is 5.38. The summed E-state index contributed by atoms with van der Waals surface area (Å²) in [7, 11) is 0. The molecular formula is C13H20O2. The molecule has 0 fully saturated rings. The lowest BCUT2D eigenvalue weighted by atomic mass is 9.87. The largest absolute Gasteiger partial charge is 0.508 e. The lowest BCUT2D eigenvalue weighted by molar-refractivity contribution is 0.0283. The number of hydrogen-bond acceptors (Lipinski definition) is 2. The Labute approximate surface area is 91.6 Å². The number of aromatic hydroxyl groups is 1. The summed E-state index contributed by atoms with van der Waals surface area (Å²) in [5.74, 6) is 0.316. The molecule has 0 aliphatic rings. The molecule has 0 spiro atoms. The van der Waals surface area contributed by atoms with Crippen molar-refractivity contribution in [2.45, 2.75) is 45.6 Å². The molecule has 0 aromatic heterocycles. The number of rotatable bonds is 4. The molecule has 1 rings (SSSR count). The van der Waals surface area contributed by atoms with Gasteiger partial charge in [0.1, 0.15) is 5.75 Å². The van der Waals surface area contributed by atoms with Gasteiger partial charge in [0, 0.05) is 0 Å². The second-order valence-corrected chi connectivity index (χ2v) is 3.94. The van der Waals surface area contributed by atoms with Crippen LogP contribution in [0.3, 0.4) is 0 Å². The third-order valence-corrected chi connectivity index (χ3v) is 3.17. The van der Waals surface area contributed by atoms with Gasteiger partial charge < -0.3 is 10.2 Å². The molecule has 2 heteroatoms. The van der Waals surface area contributed by atoms with Crippen LogP contribution < -0.4 is 0 Å². The smallest absolute Gasteiger partial charge is 0.118 e. The van der Waals surface area contributed by atoms with E-state index < -0.39 is 5.60 Å². The first-order valence-electron chi connectivity index (χ1n) is 5.62. The Morgan fingerprint density at radius 2 is 1.73 bits per heavy atom. The molecule has 0 radical (unpaired) electrons. The molecule has 0 unspecified atom stereocenters. The van der Waals surface area contributed by atoms with E-state index in [0.29, 0.717) is 18.6 Å². The lowest BCUT2D eigenvalue weighted by Crippen LogP contribution is -2.23. The van der Waals surface area contributed by atoms with Gasteiger partial charge in [-0.2, -0.15) is 0 Å². The summed E-state index contributed by atoms with van der Waals surface area (Å²) in [5.41, 5.74) is 1.05. The van der Waals surface area contributed by atoms with Gasteiger partial charge in [-0.1, -0.05) is 26.8 Å². The molecule has 0 aliphatic carbocycles. The predicted molar refractivity (Wildman–Crippen MR) is 62.0 cm³/mol. The van der Waals surface area contributed by atoms with Gasteiger partial charge in [-0.15, -0.1) is 0 Å². The number of phenols is 1. The maximum Gasteiger partial charge on any atom is 0.118 e. The van der Waals surface area contributed by atoms with Gasteiger partial charge in [0.2, 0.25) is 0 Å². The van der Waals surface area contributed by atoms with Crippen molar-refractivity contribution in [2.24, 2.45) is 0 Å². The molecule has 0 aliphatic heterocycles. The standard InChI is InChI=1S/C13H20O2/c1-4-10-9-11(7-8-12(10)14)13(15,5-2)6-3/h7-9,14-15H,4-6H2,1-3H3. The van der Waals surface area contributed by atoms with E-state index in [9.17, 15) is 10.2 Å². The minimum absolute atomic E-state index is 0.316. The quantitative estimate of drug-likeness (QED) is 0.798. The average Bonchev–Trinajstić information content (AvgIpc) is 2.28. The van der Waals surface area contributed by atoms with Crippen LogP contribution in [-0.4, -0.2) is 10.2 Å². The zero-order chi connectivity index (χ0) is 11.5. The molecule has 0 bridgehead atoms. The molecule has 0 heterocycles. The van der Waals surface area contributed by atoms with E-state index in [1.807, 2.05) is 32.9 Å². The number of aliphatic hydroxyl groups is 1. The first kappa shape index (κ1) is 12.1. The molecule has 2 N–H and O–H groups in total. The molecule has 0 amide bonds. The number of aryl methyl sites for hydroxylation is 1. The predicted octanol–water partition coefficient (Wildman–Crippen LogP) is 2.96.